The molecule has 0 saturated carbocycles. The van der Waals surface area contributed by atoms with E-state index in [1.165, 1.54) is 13.2 Å². The molecule has 0 radical (unpaired) electrons. The predicted molar refractivity (Wildman–Crippen MR) is 108 cm³/mol. The molecule has 0 bridgehead atoms. The average molecular weight is 377 g/mol. The summed E-state index contributed by atoms with van der Waals surface area (Å²) in [6.07, 6.45) is 4.93. The first-order valence-corrected chi connectivity index (χ1v) is 9.37. The summed E-state index contributed by atoms with van der Waals surface area (Å²) in [5.74, 6) is 0.0979. The third kappa shape index (κ3) is 2.52. The molecule has 3 aliphatic rings. The van der Waals surface area contributed by atoms with Crippen LogP contribution < -0.4 is 15.0 Å². The molecular weight excluding hydrogens is 357 g/mol. The molecular formula is C22H20FN3O2. The summed E-state index contributed by atoms with van der Waals surface area (Å²) < 4.78 is 19.6. The maximum atomic E-state index is 14.5. The van der Waals surface area contributed by atoms with Gasteiger partial charge in [-0.15, -0.1) is 0 Å². The number of rotatable bonds is 3. The van der Waals surface area contributed by atoms with Crippen molar-refractivity contribution in [1.82, 2.24) is 0 Å². The van der Waals surface area contributed by atoms with Crippen LogP contribution >= 0.6 is 0 Å². The molecule has 1 N–H and O–H groups in total. The number of amides is 1. The van der Waals surface area contributed by atoms with Gasteiger partial charge < -0.3 is 15.0 Å². The maximum absolute atomic E-state index is 14.5. The number of fused-ring (bicyclic) bond motifs is 1. The quantitative estimate of drug-likeness (QED) is 0.892. The van der Waals surface area contributed by atoms with E-state index < -0.39 is 5.54 Å². The Kier molecular flexibility index (Phi) is 3.75. The second-order valence-corrected chi connectivity index (χ2v) is 7.43. The summed E-state index contributed by atoms with van der Waals surface area (Å²) in [4.78, 5) is 19.3. The van der Waals surface area contributed by atoms with Gasteiger partial charge in [-0.05, 0) is 29.7 Å². The van der Waals surface area contributed by atoms with Gasteiger partial charge in [-0.3, -0.25) is 9.79 Å². The fraction of sp³-hybridized carbons (Fsp3) is 0.273. The smallest absolute Gasteiger partial charge is 0.253 e. The second kappa shape index (κ2) is 6.19. The Labute approximate surface area is 162 Å². The van der Waals surface area contributed by atoms with Crippen LogP contribution in [0.15, 0.2) is 47.5 Å². The number of nitrogens with zero attached hydrogens (tertiary/aromatic N) is 2. The van der Waals surface area contributed by atoms with E-state index in [4.69, 9.17) is 4.74 Å². The van der Waals surface area contributed by atoms with Crippen LogP contribution in [0.25, 0.3) is 5.57 Å². The molecule has 28 heavy (non-hydrogen) atoms. The Balaban J connectivity index is 1.40. The number of halogens is 1. The van der Waals surface area contributed by atoms with Crippen molar-refractivity contribution in [3.05, 3.63) is 59.4 Å². The molecule has 5 nitrogen and oxygen atoms in total. The van der Waals surface area contributed by atoms with Crippen molar-refractivity contribution in [2.45, 2.75) is 18.4 Å². The SMILES string of the molecule is COc1cc(F)c2c(c1)NC1(CCN(c3ccc(C4=CCN=C4)cc3)C1=O)C2. The molecule has 5 rings (SSSR count). The van der Waals surface area contributed by atoms with Crippen molar-refractivity contribution in [3.63, 3.8) is 0 Å². The summed E-state index contributed by atoms with van der Waals surface area (Å²) in [7, 11) is 1.51. The van der Waals surface area contributed by atoms with Crippen LogP contribution in [-0.4, -0.2) is 37.9 Å². The lowest BCUT2D eigenvalue weighted by Crippen LogP contribution is -2.45. The van der Waals surface area contributed by atoms with Crippen LogP contribution in [0, 0.1) is 5.82 Å². The lowest BCUT2D eigenvalue weighted by Gasteiger charge is -2.24. The topological polar surface area (TPSA) is 53.9 Å². The number of hydrogen-bond donors (Lipinski definition) is 1. The summed E-state index contributed by atoms with van der Waals surface area (Å²) >= 11 is 0. The minimum absolute atomic E-state index is 0.0172. The largest absolute Gasteiger partial charge is 0.497 e. The highest BCUT2D eigenvalue weighted by Gasteiger charge is 2.51. The number of carbonyl (C=O) groups excluding carboxylic acids is 1. The highest BCUT2D eigenvalue weighted by Crippen LogP contribution is 2.43. The number of methoxy groups -OCH3 is 1. The highest BCUT2D eigenvalue weighted by atomic mass is 19.1. The van der Waals surface area contributed by atoms with E-state index in [0.717, 1.165) is 23.4 Å². The zero-order valence-electron chi connectivity index (χ0n) is 15.5. The molecule has 1 fully saturated rings. The lowest BCUT2D eigenvalue weighted by molar-refractivity contribution is -0.120. The number of nitrogens with one attached hydrogen (secondary N) is 1. The molecule has 0 aromatic heterocycles. The second-order valence-electron chi connectivity index (χ2n) is 7.43. The predicted octanol–water partition coefficient (Wildman–Crippen LogP) is 3.45. The standard InChI is InChI=1S/C22H20FN3O2/c1-28-17-10-19(23)18-12-22(25-20(18)11-17)7-9-26(21(22)27)16-4-2-14(3-5-16)15-6-8-24-13-15/h2-6,10-11,13,25H,7-9,12H2,1H3. The Morgan fingerprint density at radius 1 is 1.25 bits per heavy atom. The number of aliphatic imine (C=N–C) groups is 1. The highest BCUT2D eigenvalue weighted by molar-refractivity contribution is 6.11. The van der Waals surface area contributed by atoms with Crippen LogP contribution in [0.4, 0.5) is 15.8 Å². The Morgan fingerprint density at radius 3 is 2.79 bits per heavy atom. The number of allylic oxidation sites excluding steroid dienone is 1. The van der Waals surface area contributed by atoms with Gasteiger partial charge in [0.1, 0.15) is 17.1 Å². The summed E-state index contributed by atoms with van der Waals surface area (Å²) in [6, 6.07) is 11.1. The summed E-state index contributed by atoms with van der Waals surface area (Å²) in [5.41, 5.74) is 3.47. The van der Waals surface area contributed by atoms with E-state index in [0.29, 0.717) is 36.4 Å². The number of hydrogen-bond acceptors (Lipinski definition) is 4. The van der Waals surface area contributed by atoms with Crippen molar-refractivity contribution in [2.24, 2.45) is 4.99 Å². The fourth-order valence-electron chi connectivity index (χ4n) is 4.30. The minimum atomic E-state index is -0.783. The van der Waals surface area contributed by atoms with Crippen molar-refractivity contribution >= 4 is 29.1 Å². The van der Waals surface area contributed by atoms with Gasteiger partial charge in [0.05, 0.1) is 13.7 Å². The third-order valence-corrected chi connectivity index (χ3v) is 5.83. The monoisotopic (exact) mass is 377 g/mol. The molecule has 1 saturated heterocycles. The zero-order chi connectivity index (χ0) is 19.3. The lowest BCUT2D eigenvalue weighted by atomic mass is 9.93. The van der Waals surface area contributed by atoms with Crippen molar-refractivity contribution < 1.29 is 13.9 Å². The number of anilines is 2. The number of ether oxygens (including phenoxy) is 1. The van der Waals surface area contributed by atoms with Crippen LogP contribution in [-0.2, 0) is 11.2 Å². The van der Waals surface area contributed by atoms with Crippen molar-refractivity contribution in [2.75, 3.05) is 30.4 Å². The Hall–Kier alpha value is -3.15. The van der Waals surface area contributed by atoms with E-state index in [-0.39, 0.29) is 11.7 Å². The van der Waals surface area contributed by atoms with Crippen LogP contribution in [0.1, 0.15) is 17.5 Å². The molecule has 1 unspecified atom stereocenters. The summed E-state index contributed by atoms with van der Waals surface area (Å²) in [6.45, 7) is 1.32. The zero-order valence-corrected chi connectivity index (χ0v) is 15.5. The first kappa shape index (κ1) is 17.0. The van der Waals surface area contributed by atoms with Gasteiger partial charge in [0.25, 0.3) is 5.91 Å². The molecule has 6 heteroatoms. The first-order valence-electron chi connectivity index (χ1n) is 9.37. The van der Waals surface area contributed by atoms with Crippen LogP contribution in [0.2, 0.25) is 0 Å². The van der Waals surface area contributed by atoms with Gasteiger partial charge in [-0.2, -0.15) is 0 Å². The van der Waals surface area contributed by atoms with E-state index in [1.54, 1.807) is 11.0 Å². The van der Waals surface area contributed by atoms with Crippen molar-refractivity contribution in [3.8, 4) is 5.75 Å². The molecule has 2 aromatic carbocycles. The molecule has 3 aliphatic heterocycles. The van der Waals surface area contributed by atoms with Gasteiger partial charge in [0.15, 0.2) is 0 Å². The number of carbonyl (C=O) groups is 1. The Morgan fingerprint density at radius 2 is 2.07 bits per heavy atom. The Bertz CT molecular complexity index is 1030. The summed E-state index contributed by atoms with van der Waals surface area (Å²) in [5, 5.41) is 3.29. The molecule has 1 spiro atoms. The van der Waals surface area contributed by atoms with Crippen molar-refractivity contribution in [1.29, 1.82) is 0 Å². The van der Waals surface area contributed by atoms with Gasteiger partial charge in [-0.25, -0.2) is 4.39 Å². The van der Waals surface area contributed by atoms with Gasteiger partial charge in [0, 0.05) is 48.3 Å². The molecule has 1 atom stereocenters. The normalized spacial score (nSPS) is 22.6. The van der Waals surface area contributed by atoms with E-state index in [1.807, 2.05) is 30.5 Å². The fourth-order valence-corrected chi connectivity index (χ4v) is 4.30. The average Bonchev–Trinajstić information content (AvgIpc) is 3.43. The van der Waals surface area contributed by atoms with E-state index in [9.17, 15) is 9.18 Å². The molecule has 3 heterocycles. The van der Waals surface area contributed by atoms with E-state index in [2.05, 4.69) is 16.4 Å². The molecule has 1 amide bonds. The number of benzene rings is 2. The molecule has 2 aromatic rings. The van der Waals surface area contributed by atoms with Gasteiger partial charge in [0.2, 0.25) is 0 Å². The van der Waals surface area contributed by atoms with Gasteiger partial charge >= 0.3 is 0 Å². The molecule has 0 aliphatic carbocycles. The maximum Gasteiger partial charge on any atom is 0.253 e. The third-order valence-electron chi connectivity index (χ3n) is 5.83. The minimum Gasteiger partial charge on any atom is -0.497 e. The first-order chi connectivity index (χ1) is 13.6. The van der Waals surface area contributed by atoms with Crippen LogP contribution in [0.5, 0.6) is 5.75 Å². The van der Waals surface area contributed by atoms with E-state index >= 15 is 0 Å². The van der Waals surface area contributed by atoms with Gasteiger partial charge in [-0.1, -0.05) is 18.2 Å². The van der Waals surface area contributed by atoms with Crippen LogP contribution in [0.3, 0.4) is 0 Å². The molecule has 142 valence electrons.